The van der Waals surface area contributed by atoms with Crippen molar-refractivity contribution in [3.8, 4) is 28.6 Å². The summed E-state index contributed by atoms with van der Waals surface area (Å²) >= 11 is 6.18. The number of carboxylic acid groups (broad SMARTS) is 1. The van der Waals surface area contributed by atoms with E-state index in [0.717, 1.165) is 11.1 Å². The average molecular weight is 596 g/mol. The predicted molar refractivity (Wildman–Crippen MR) is 153 cm³/mol. The molecule has 42 heavy (non-hydrogen) atoms. The summed E-state index contributed by atoms with van der Waals surface area (Å²) in [4.78, 5) is 27.8. The van der Waals surface area contributed by atoms with E-state index in [4.69, 9.17) is 26.8 Å². The van der Waals surface area contributed by atoms with Gasteiger partial charge in [0.1, 0.15) is 5.75 Å². The van der Waals surface area contributed by atoms with Crippen LogP contribution in [0.4, 0.5) is 8.78 Å². The van der Waals surface area contributed by atoms with Gasteiger partial charge < -0.3 is 25.6 Å². The lowest BCUT2D eigenvalue weighted by Gasteiger charge is -2.15. The first-order valence-corrected chi connectivity index (χ1v) is 13.4. The molecular weight excluding hydrogens is 568 g/mol. The van der Waals surface area contributed by atoms with Crippen molar-refractivity contribution in [3.05, 3.63) is 106 Å². The summed E-state index contributed by atoms with van der Waals surface area (Å²) in [5.41, 5.74) is 9.44. The number of carboxylic acids is 1. The summed E-state index contributed by atoms with van der Waals surface area (Å²) in [5.74, 6) is -5.07. The number of benzene rings is 3. The van der Waals surface area contributed by atoms with Crippen LogP contribution < -0.4 is 20.5 Å². The summed E-state index contributed by atoms with van der Waals surface area (Å²) < 4.78 is 40.0. The second kappa shape index (κ2) is 13.9. The molecule has 3 aromatic carbocycles. The molecule has 0 fully saturated rings. The van der Waals surface area contributed by atoms with E-state index in [2.05, 4.69) is 10.3 Å². The Morgan fingerprint density at radius 1 is 0.976 bits per heavy atom. The SMILES string of the molecule is CCC(Oc1nc(Oc2cc(CNC(=O)Cc3ccccc3Cl)cc(-c3cccc(CN)c3)c2)c(F)cc1F)C(=O)O. The van der Waals surface area contributed by atoms with Crippen LogP contribution in [-0.2, 0) is 29.1 Å². The van der Waals surface area contributed by atoms with Crippen molar-refractivity contribution in [2.75, 3.05) is 0 Å². The van der Waals surface area contributed by atoms with Crippen molar-refractivity contribution in [1.82, 2.24) is 10.3 Å². The lowest BCUT2D eigenvalue weighted by atomic mass is 10.0. The highest BCUT2D eigenvalue weighted by Crippen LogP contribution is 2.32. The highest BCUT2D eigenvalue weighted by molar-refractivity contribution is 6.31. The number of hydrogen-bond donors (Lipinski definition) is 3. The number of ether oxygens (including phenoxy) is 2. The lowest BCUT2D eigenvalue weighted by molar-refractivity contribution is -0.145. The summed E-state index contributed by atoms with van der Waals surface area (Å²) in [7, 11) is 0. The van der Waals surface area contributed by atoms with E-state index in [-0.39, 0.29) is 31.0 Å². The van der Waals surface area contributed by atoms with Gasteiger partial charge >= 0.3 is 5.97 Å². The van der Waals surface area contributed by atoms with Crippen molar-refractivity contribution in [3.63, 3.8) is 0 Å². The molecule has 0 saturated heterocycles. The molecule has 0 radical (unpaired) electrons. The van der Waals surface area contributed by atoms with Gasteiger partial charge in [0, 0.05) is 24.2 Å². The molecule has 0 aliphatic rings. The molecule has 0 spiro atoms. The fourth-order valence-corrected chi connectivity index (χ4v) is 4.29. The van der Waals surface area contributed by atoms with E-state index < -0.39 is 35.5 Å². The summed E-state index contributed by atoms with van der Waals surface area (Å²) in [6.07, 6.45) is -1.28. The normalized spacial score (nSPS) is 11.5. The summed E-state index contributed by atoms with van der Waals surface area (Å²) in [5, 5.41) is 12.6. The van der Waals surface area contributed by atoms with Gasteiger partial charge in [-0.25, -0.2) is 13.6 Å². The van der Waals surface area contributed by atoms with Crippen LogP contribution in [0.15, 0.2) is 72.8 Å². The number of carbonyl (C=O) groups excluding carboxylic acids is 1. The smallest absolute Gasteiger partial charge is 0.344 e. The highest BCUT2D eigenvalue weighted by Gasteiger charge is 2.23. The molecule has 1 heterocycles. The Morgan fingerprint density at radius 2 is 1.71 bits per heavy atom. The minimum absolute atomic E-state index is 0.0273. The van der Waals surface area contributed by atoms with Crippen LogP contribution >= 0.6 is 11.6 Å². The van der Waals surface area contributed by atoms with E-state index >= 15 is 0 Å². The first-order valence-electron chi connectivity index (χ1n) is 13.0. The Morgan fingerprint density at radius 3 is 2.43 bits per heavy atom. The fraction of sp³-hybridized carbons (Fsp3) is 0.194. The van der Waals surface area contributed by atoms with Gasteiger partial charge in [0.2, 0.25) is 5.91 Å². The fourth-order valence-electron chi connectivity index (χ4n) is 4.09. The Balaban J connectivity index is 1.64. The lowest BCUT2D eigenvalue weighted by Crippen LogP contribution is -2.26. The molecule has 0 bridgehead atoms. The molecule has 0 saturated carbocycles. The number of halogens is 3. The van der Waals surface area contributed by atoms with Crippen LogP contribution in [0.3, 0.4) is 0 Å². The zero-order valence-corrected chi connectivity index (χ0v) is 23.3. The van der Waals surface area contributed by atoms with Gasteiger partial charge in [-0.2, -0.15) is 4.98 Å². The molecule has 1 unspecified atom stereocenters. The third kappa shape index (κ3) is 7.80. The van der Waals surface area contributed by atoms with E-state index in [0.29, 0.717) is 34.3 Å². The Kier molecular flexibility index (Phi) is 10.1. The molecule has 4 N–H and O–H groups in total. The maximum atomic E-state index is 14.7. The summed E-state index contributed by atoms with van der Waals surface area (Å²) in [6, 6.07) is 20.0. The standard InChI is InChI=1S/C31H28ClF2N3O5/c1-2-27(31(39)40)42-30-26(34)15-25(33)29(37-30)41-23-12-19(11-22(13-23)20-8-5-6-18(10-20)16-35)17-36-28(38)14-21-7-3-4-9-24(21)32/h3-13,15,27H,2,14,16-17,35H2,1H3,(H,36,38)(H,39,40). The molecule has 1 atom stereocenters. The highest BCUT2D eigenvalue weighted by atomic mass is 35.5. The van der Waals surface area contributed by atoms with Gasteiger partial charge in [-0.3, -0.25) is 4.79 Å². The number of carbonyl (C=O) groups is 2. The van der Waals surface area contributed by atoms with E-state index in [9.17, 15) is 23.5 Å². The molecular formula is C31H28ClF2N3O5. The molecule has 11 heteroatoms. The van der Waals surface area contributed by atoms with Crippen molar-refractivity contribution in [2.24, 2.45) is 5.73 Å². The quantitative estimate of drug-likeness (QED) is 0.183. The topological polar surface area (TPSA) is 124 Å². The van der Waals surface area contributed by atoms with Crippen LogP contribution in [0.5, 0.6) is 17.5 Å². The minimum Gasteiger partial charge on any atom is -0.479 e. The van der Waals surface area contributed by atoms with Gasteiger partial charge in [-0.15, -0.1) is 0 Å². The molecule has 0 aliphatic carbocycles. The number of amides is 1. The molecule has 0 aliphatic heterocycles. The number of aromatic nitrogens is 1. The summed E-state index contributed by atoms with van der Waals surface area (Å²) in [6.45, 7) is 1.96. The number of pyridine rings is 1. The monoisotopic (exact) mass is 595 g/mol. The molecule has 4 aromatic rings. The van der Waals surface area contributed by atoms with Gasteiger partial charge in [0.15, 0.2) is 17.7 Å². The number of hydrogen-bond acceptors (Lipinski definition) is 6. The van der Waals surface area contributed by atoms with Crippen LogP contribution in [0.2, 0.25) is 5.02 Å². The predicted octanol–water partition coefficient (Wildman–Crippen LogP) is 6.03. The Bertz CT molecular complexity index is 1600. The average Bonchev–Trinajstić information content (AvgIpc) is 2.98. The Labute approximate surface area is 246 Å². The third-order valence-electron chi connectivity index (χ3n) is 6.24. The van der Waals surface area contributed by atoms with Gasteiger partial charge in [0.25, 0.3) is 11.8 Å². The second-order valence-corrected chi connectivity index (χ2v) is 9.74. The van der Waals surface area contributed by atoms with Gasteiger partial charge in [-0.1, -0.05) is 54.9 Å². The first-order chi connectivity index (χ1) is 20.2. The first kappa shape index (κ1) is 30.4. The van der Waals surface area contributed by atoms with Crippen molar-refractivity contribution >= 4 is 23.5 Å². The van der Waals surface area contributed by atoms with Gasteiger partial charge in [0.05, 0.1) is 6.42 Å². The third-order valence-corrected chi connectivity index (χ3v) is 6.61. The van der Waals surface area contributed by atoms with Crippen molar-refractivity contribution in [2.45, 2.75) is 39.0 Å². The van der Waals surface area contributed by atoms with Gasteiger partial charge in [-0.05, 0) is 64.6 Å². The minimum atomic E-state index is -1.38. The number of rotatable bonds is 12. The zero-order valence-electron chi connectivity index (χ0n) is 22.6. The maximum Gasteiger partial charge on any atom is 0.344 e. The zero-order chi connectivity index (χ0) is 30.2. The molecule has 4 rings (SSSR count). The molecule has 1 aromatic heterocycles. The van der Waals surface area contributed by atoms with E-state index in [1.807, 2.05) is 30.3 Å². The number of nitrogens with two attached hydrogens (primary N) is 1. The molecule has 8 nitrogen and oxygen atoms in total. The van der Waals surface area contributed by atoms with E-state index in [1.165, 1.54) is 6.92 Å². The van der Waals surface area contributed by atoms with Crippen molar-refractivity contribution < 1.29 is 33.0 Å². The van der Waals surface area contributed by atoms with Crippen LogP contribution in [0.25, 0.3) is 11.1 Å². The second-order valence-electron chi connectivity index (χ2n) is 9.33. The van der Waals surface area contributed by atoms with Crippen molar-refractivity contribution in [1.29, 1.82) is 0 Å². The number of nitrogens with zero attached hydrogens (tertiary/aromatic N) is 1. The van der Waals surface area contributed by atoms with Crippen LogP contribution in [0, 0.1) is 11.6 Å². The largest absolute Gasteiger partial charge is 0.479 e. The molecule has 1 amide bonds. The Hall–Kier alpha value is -4.54. The number of nitrogens with one attached hydrogen (secondary N) is 1. The molecule has 218 valence electrons. The number of aliphatic carboxylic acids is 1. The van der Waals surface area contributed by atoms with E-state index in [1.54, 1.807) is 36.4 Å². The maximum absolute atomic E-state index is 14.7. The van der Waals surface area contributed by atoms with Crippen LogP contribution in [0.1, 0.15) is 30.0 Å². The van der Waals surface area contributed by atoms with Crippen LogP contribution in [-0.4, -0.2) is 28.1 Å².